The van der Waals surface area contributed by atoms with Crippen LogP contribution in [0.25, 0.3) is 0 Å². The quantitative estimate of drug-likeness (QED) is 0.482. The Balaban J connectivity index is 2.10. The molecule has 0 bridgehead atoms. The summed E-state index contributed by atoms with van der Waals surface area (Å²) in [5.74, 6) is -1.51. The van der Waals surface area contributed by atoms with Crippen LogP contribution in [0.15, 0.2) is 54.6 Å². The Morgan fingerprint density at radius 3 is 2.17 bits per heavy atom. The molecular weight excluding hydrogens is 465 g/mol. The molecule has 190 valence electrons. The van der Waals surface area contributed by atoms with Crippen LogP contribution in [0.4, 0.5) is 18.0 Å². The molecule has 2 rings (SSSR count). The summed E-state index contributed by atoms with van der Waals surface area (Å²) in [5, 5.41) is 4.99. The topological polar surface area (TPSA) is 93.7 Å². The fourth-order valence-corrected chi connectivity index (χ4v) is 3.33. The van der Waals surface area contributed by atoms with Crippen molar-refractivity contribution >= 4 is 18.0 Å². The summed E-state index contributed by atoms with van der Waals surface area (Å²) in [7, 11) is 1.11. The molecule has 2 aromatic carbocycles. The molecule has 0 aliphatic heterocycles. The van der Waals surface area contributed by atoms with Crippen molar-refractivity contribution in [3.05, 3.63) is 71.3 Å². The number of alkyl carbamates (subject to hydrolysis) is 1. The van der Waals surface area contributed by atoms with Gasteiger partial charge in [0.1, 0.15) is 18.7 Å². The highest BCUT2D eigenvalue weighted by molar-refractivity contribution is 5.89. The Morgan fingerprint density at radius 2 is 1.57 bits per heavy atom. The number of rotatable bonds is 10. The number of halogens is 3. The molecule has 7 nitrogen and oxygen atoms in total. The SMILES string of the molecule is COC(=O)[C@H](Cc1cccc(C(F)(F)F)c1)NC(=O)[C@H](CC(C)C)NC(=O)OCc1ccccc1. The van der Waals surface area contributed by atoms with Crippen LogP contribution in [-0.2, 0) is 38.3 Å². The summed E-state index contributed by atoms with van der Waals surface area (Å²) in [6.45, 7) is 3.69. The minimum atomic E-state index is -4.55. The lowest BCUT2D eigenvalue weighted by Gasteiger charge is -2.23. The van der Waals surface area contributed by atoms with E-state index in [1.807, 2.05) is 19.9 Å². The van der Waals surface area contributed by atoms with Gasteiger partial charge in [-0.2, -0.15) is 13.2 Å². The summed E-state index contributed by atoms with van der Waals surface area (Å²) in [6, 6.07) is 11.1. The van der Waals surface area contributed by atoms with Gasteiger partial charge >= 0.3 is 18.2 Å². The van der Waals surface area contributed by atoms with Gasteiger partial charge in [-0.3, -0.25) is 4.79 Å². The first-order valence-electron chi connectivity index (χ1n) is 11.0. The molecule has 2 N–H and O–H groups in total. The molecule has 2 aromatic rings. The minimum absolute atomic E-state index is 0.000201. The molecule has 35 heavy (non-hydrogen) atoms. The Kier molecular flexibility index (Phi) is 10.1. The van der Waals surface area contributed by atoms with E-state index in [0.29, 0.717) is 0 Å². The fourth-order valence-electron chi connectivity index (χ4n) is 3.33. The largest absolute Gasteiger partial charge is 0.467 e. The molecule has 10 heteroatoms. The van der Waals surface area contributed by atoms with Crippen molar-refractivity contribution in [2.75, 3.05) is 7.11 Å². The second-order valence-electron chi connectivity index (χ2n) is 8.37. The highest BCUT2D eigenvalue weighted by Crippen LogP contribution is 2.29. The van der Waals surface area contributed by atoms with Gasteiger partial charge in [-0.15, -0.1) is 0 Å². The zero-order chi connectivity index (χ0) is 26.0. The summed E-state index contributed by atoms with van der Waals surface area (Å²) in [5.41, 5.74) is 0.0796. The molecule has 2 atom stereocenters. The van der Waals surface area contributed by atoms with Crippen LogP contribution in [0.2, 0.25) is 0 Å². The third-order valence-corrected chi connectivity index (χ3v) is 5.02. The zero-order valence-corrected chi connectivity index (χ0v) is 19.7. The van der Waals surface area contributed by atoms with E-state index in [1.165, 1.54) is 12.1 Å². The number of amides is 2. The second kappa shape index (κ2) is 12.8. The lowest BCUT2D eigenvalue weighted by Crippen LogP contribution is -2.53. The minimum Gasteiger partial charge on any atom is -0.467 e. The number of alkyl halides is 3. The van der Waals surface area contributed by atoms with E-state index in [0.717, 1.165) is 24.8 Å². The van der Waals surface area contributed by atoms with Gasteiger partial charge in [-0.1, -0.05) is 62.4 Å². The van der Waals surface area contributed by atoms with E-state index in [1.54, 1.807) is 24.3 Å². The molecule has 2 amide bonds. The summed E-state index contributed by atoms with van der Waals surface area (Å²) in [6.07, 6.45) is -5.35. The predicted octanol–water partition coefficient (Wildman–Crippen LogP) is 4.25. The molecular formula is C25H29F3N2O5. The number of ether oxygens (including phenoxy) is 2. The number of benzene rings is 2. The van der Waals surface area contributed by atoms with Crippen molar-refractivity contribution < 1.29 is 37.0 Å². The molecule has 0 aromatic heterocycles. The van der Waals surface area contributed by atoms with Gasteiger partial charge in [0, 0.05) is 6.42 Å². The number of nitrogens with one attached hydrogen (secondary N) is 2. The van der Waals surface area contributed by atoms with E-state index in [-0.39, 0.29) is 30.9 Å². The first-order valence-corrected chi connectivity index (χ1v) is 11.0. The third-order valence-electron chi connectivity index (χ3n) is 5.02. The molecule has 0 aliphatic rings. The maximum absolute atomic E-state index is 13.0. The molecule has 0 radical (unpaired) electrons. The Morgan fingerprint density at radius 1 is 0.914 bits per heavy atom. The molecule has 0 aliphatic carbocycles. The van der Waals surface area contributed by atoms with E-state index >= 15 is 0 Å². The van der Waals surface area contributed by atoms with Crippen molar-refractivity contribution in [2.24, 2.45) is 5.92 Å². The third kappa shape index (κ3) is 9.30. The predicted molar refractivity (Wildman–Crippen MR) is 122 cm³/mol. The maximum atomic E-state index is 13.0. The average Bonchev–Trinajstić information content (AvgIpc) is 2.81. The molecule has 0 fully saturated rings. The summed E-state index contributed by atoms with van der Waals surface area (Å²) >= 11 is 0. The number of hydrogen-bond donors (Lipinski definition) is 2. The van der Waals surface area contributed by atoms with Gasteiger partial charge in [-0.25, -0.2) is 9.59 Å². The average molecular weight is 495 g/mol. The van der Waals surface area contributed by atoms with Crippen LogP contribution < -0.4 is 10.6 Å². The van der Waals surface area contributed by atoms with Crippen LogP contribution in [0.1, 0.15) is 37.0 Å². The molecule has 0 saturated carbocycles. The summed E-state index contributed by atoms with van der Waals surface area (Å²) in [4.78, 5) is 37.6. The Bertz CT molecular complexity index is 996. The van der Waals surface area contributed by atoms with Crippen molar-refractivity contribution in [3.63, 3.8) is 0 Å². The van der Waals surface area contributed by atoms with E-state index in [2.05, 4.69) is 10.6 Å². The van der Waals surface area contributed by atoms with Crippen molar-refractivity contribution in [1.82, 2.24) is 10.6 Å². The summed E-state index contributed by atoms with van der Waals surface area (Å²) < 4.78 is 49.0. The number of carbonyl (C=O) groups excluding carboxylic acids is 3. The lowest BCUT2D eigenvalue weighted by molar-refractivity contribution is -0.145. The standard InChI is InChI=1S/C25H29F3N2O5/c1-16(2)12-20(30-24(33)35-15-17-8-5-4-6-9-17)22(31)29-21(23(32)34-3)14-18-10-7-11-19(13-18)25(26,27)28/h4-11,13,16,20-21H,12,14-15H2,1-3H3,(H,29,31)(H,30,33)/t20-,21-/m0/s1. The van der Waals surface area contributed by atoms with E-state index in [4.69, 9.17) is 9.47 Å². The molecule has 0 heterocycles. The molecule has 0 saturated heterocycles. The Hall–Kier alpha value is -3.56. The normalized spacial score (nSPS) is 13.0. The number of carbonyl (C=O) groups is 3. The first-order chi connectivity index (χ1) is 16.5. The van der Waals surface area contributed by atoms with Crippen LogP contribution in [0.3, 0.4) is 0 Å². The van der Waals surface area contributed by atoms with Crippen molar-refractivity contribution in [2.45, 2.75) is 51.6 Å². The highest BCUT2D eigenvalue weighted by atomic mass is 19.4. The van der Waals surface area contributed by atoms with Crippen LogP contribution in [0, 0.1) is 5.92 Å². The van der Waals surface area contributed by atoms with Crippen molar-refractivity contribution in [1.29, 1.82) is 0 Å². The highest BCUT2D eigenvalue weighted by Gasteiger charge is 2.32. The number of esters is 1. The zero-order valence-electron chi connectivity index (χ0n) is 19.7. The fraction of sp³-hybridized carbons (Fsp3) is 0.400. The lowest BCUT2D eigenvalue weighted by atomic mass is 10.0. The van der Waals surface area contributed by atoms with Gasteiger partial charge in [0.15, 0.2) is 0 Å². The van der Waals surface area contributed by atoms with Crippen LogP contribution in [0.5, 0.6) is 0 Å². The smallest absolute Gasteiger partial charge is 0.416 e. The Labute approximate surface area is 202 Å². The van der Waals surface area contributed by atoms with Gasteiger partial charge in [0.2, 0.25) is 5.91 Å². The monoisotopic (exact) mass is 494 g/mol. The van der Waals surface area contributed by atoms with Gasteiger partial charge in [-0.05, 0) is 29.5 Å². The van der Waals surface area contributed by atoms with Crippen LogP contribution >= 0.6 is 0 Å². The number of methoxy groups -OCH3 is 1. The maximum Gasteiger partial charge on any atom is 0.416 e. The second-order valence-corrected chi connectivity index (χ2v) is 8.37. The molecule has 0 spiro atoms. The van der Waals surface area contributed by atoms with Gasteiger partial charge < -0.3 is 20.1 Å². The van der Waals surface area contributed by atoms with Gasteiger partial charge in [0.05, 0.1) is 12.7 Å². The van der Waals surface area contributed by atoms with E-state index < -0.39 is 41.8 Å². The van der Waals surface area contributed by atoms with Crippen LogP contribution in [-0.4, -0.2) is 37.2 Å². The van der Waals surface area contributed by atoms with E-state index in [9.17, 15) is 27.6 Å². The van der Waals surface area contributed by atoms with Gasteiger partial charge in [0.25, 0.3) is 0 Å². The van der Waals surface area contributed by atoms with Crippen molar-refractivity contribution in [3.8, 4) is 0 Å². The molecule has 0 unspecified atom stereocenters. The first kappa shape index (κ1) is 27.7. The number of hydrogen-bond acceptors (Lipinski definition) is 5.